The fourth-order valence-corrected chi connectivity index (χ4v) is 3.73. The van der Waals surface area contributed by atoms with E-state index >= 15 is 0 Å². The highest BCUT2D eigenvalue weighted by atomic mass is 16.6. The van der Waals surface area contributed by atoms with Crippen molar-refractivity contribution in [2.45, 2.75) is 84.3 Å². The molecule has 22 heavy (non-hydrogen) atoms. The van der Waals surface area contributed by atoms with Crippen molar-refractivity contribution in [3.63, 3.8) is 0 Å². The molecule has 0 atom stereocenters. The average molecular weight is 310 g/mol. The Labute approximate surface area is 136 Å². The fraction of sp³-hybridized carbons (Fsp3) is 0.944. The van der Waals surface area contributed by atoms with E-state index in [-0.39, 0.29) is 6.09 Å². The molecule has 4 heteroatoms. The molecule has 1 amide bonds. The molecule has 4 nitrogen and oxygen atoms in total. The summed E-state index contributed by atoms with van der Waals surface area (Å²) in [6.07, 6.45) is 8.76. The van der Waals surface area contributed by atoms with Crippen LogP contribution in [0.25, 0.3) is 0 Å². The number of carbonyl (C=O) groups excluding carboxylic acids is 1. The summed E-state index contributed by atoms with van der Waals surface area (Å²) < 4.78 is 5.45. The summed E-state index contributed by atoms with van der Waals surface area (Å²) in [6.45, 7) is 10.9. The number of amides is 1. The molecule has 1 aliphatic carbocycles. The average Bonchev–Trinajstić information content (AvgIpc) is 2.93. The van der Waals surface area contributed by atoms with Crippen molar-refractivity contribution in [1.29, 1.82) is 0 Å². The van der Waals surface area contributed by atoms with Crippen LogP contribution in [0.4, 0.5) is 4.79 Å². The third-order valence-corrected chi connectivity index (χ3v) is 5.33. The molecule has 0 spiro atoms. The van der Waals surface area contributed by atoms with Gasteiger partial charge in [-0.1, -0.05) is 19.8 Å². The summed E-state index contributed by atoms with van der Waals surface area (Å²) in [6, 6.07) is 0.558. The van der Waals surface area contributed by atoms with Gasteiger partial charge in [-0.25, -0.2) is 4.79 Å². The monoisotopic (exact) mass is 310 g/mol. The zero-order chi connectivity index (χ0) is 16.2. The molecule has 1 saturated heterocycles. The molecule has 2 fully saturated rings. The maximum absolute atomic E-state index is 12.1. The number of nitrogens with zero attached hydrogens (tertiary/aromatic N) is 1. The highest BCUT2D eigenvalue weighted by Crippen LogP contribution is 2.40. The molecule has 0 aromatic carbocycles. The van der Waals surface area contributed by atoms with E-state index in [0.29, 0.717) is 11.5 Å². The van der Waals surface area contributed by atoms with Crippen LogP contribution in [0.3, 0.4) is 0 Å². The van der Waals surface area contributed by atoms with Gasteiger partial charge < -0.3 is 15.0 Å². The Morgan fingerprint density at radius 3 is 2.32 bits per heavy atom. The zero-order valence-corrected chi connectivity index (χ0v) is 14.9. The lowest BCUT2D eigenvalue weighted by Gasteiger charge is -2.36. The number of rotatable bonds is 4. The number of carbonyl (C=O) groups is 1. The van der Waals surface area contributed by atoms with Gasteiger partial charge in [-0.05, 0) is 58.3 Å². The number of ether oxygens (including phenoxy) is 1. The lowest BCUT2D eigenvalue weighted by atomic mass is 9.83. The minimum Gasteiger partial charge on any atom is -0.444 e. The van der Waals surface area contributed by atoms with E-state index in [1.54, 1.807) is 0 Å². The van der Waals surface area contributed by atoms with Crippen LogP contribution in [-0.2, 0) is 4.74 Å². The van der Waals surface area contributed by atoms with Crippen molar-refractivity contribution >= 4 is 6.09 Å². The molecule has 0 aromatic rings. The second kappa shape index (κ2) is 7.20. The summed E-state index contributed by atoms with van der Waals surface area (Å²) in [4.78, 5) is 13.9. The van der Waals surface area contributed by atoms with E-state index in [0.717, 1.165) is 32.5 Å². The van der Waals surface area contributed by atoms with Crippen LogP contribution >= 0.6 is 0 Å². The summed E-state index contributed by atoms with van der Waals surface area (Å²) in [5.74, 6) is 0. The number of nitrogens with one attached hydrogen (secondary N) is 1. The maximum atomic E-state index is 12.1. The number of hydrogen-bond donors (Lipinski definition) is 1. The molecule has 0 aromatic heterocycles. The first-order valence-corrected chi connectivity index (χ1v) is 9.05. The van der Waals surface area contributed by atoms with Crippen LogP contribution in [0.15, 0.2) is 0 Å². The third kappa shape index (κ3) is 4.87. The Kier molecular flexibility index (Phi) is 5.76. The van der Waals surface area contributed by atoms with Crippen molar-refractivity contribution in [1.82, 2.24) is 10.2 Å². The van der Waals surface area contributed by atoms with Crippen LogP contribution in [0.2, 0.25) is 0 Å². The van der Waals surface area contributed by atoms with Gasteiger partial charge in [-0.15, -0.1) is 0 Å². The van der Waals surface area contributed by atoms with E-state index in [4.69, 9.17) is 4.74 Å². The van der Waals surface area contributed by atoms with E-state index in [1.807, 2.05) is 25.7 Å². The zero-order valence-electron chi connectivity index (χ0n) is 14.9. The molecular weight excluding hydrogens is 276 g/mol. The lowest BCUT2D eigenvalue weighted by molar-refractivity contribution is 0.0195. The molecule has 1 saturated carbocycles. The molecule has 2 rings (SSSR count). The van der Waals surface area contributed by atoms with Crippen molar-refractivity contribution < 1.29 is 9.53 Å². The summed E-state index contributed by atoms with van der Waals surface area (Å²) in [5, 5.41) is 3.78. The Morgan fingerprint density at radius 1 is 1.23 bits per heavy atom. The van der Waals surface area contributed by atoms with E-state index < -0.39 is 5.60 Å². The first-order valence-electron chi connectivity index (χ1n) is 9.05. The Bertz CT molecular complexity index is 362. The van der Waals surface area contributed by atoms with Crippen LogP contribution in [0.1, 0.15) is 72.6 Å². The quantitative estimate of drug-likeness (QED) is 0.855. The third-order valence-electron chi connectivity index (χ3n) is 5.33. The highest BCUT2D eigenvalue weighted by molar-refractivity contribution is 5.68. The largest absolute Gasteiger partial charge is 0.444 e. The molecule has 1 N–H and O–H groups in total. The minimum atomic E-state index is -0.401. The second-order valence-electron chi connectivity index (χ2n) is 8.18. The van der Waals surface area contributed by atoms with Gasteiger partial charge in [0.2, 0.25) is 0 Å². The maximum Gasteiger partial charge on any atom is 0.410 e. The first kappa shape index (κ1) is 17.6. The predicted octanol–water partition coefficient (Wildman–Crippen LogP) is 3.95. The molecule has 0 radical (unpaired) electrons. The minimum absolute atomic E-state index is 0.160. The lowest BCUT2D eigenvalue weighted by Crippen LogP contribution is -2.48. The van der Waals surface area contributed by atoms with Gasteiger partial charge in [-0.2, -0.15) is 0 Å². The van der Waals surface area contributed by atoms with Gasteiger partial charge >= 0.3 is 6.09 Å². The SMILES string of the molecule is CCC1(CNC2CCN(C(=O)OC(C)(C)C)CC2)CCCC1. The first-order chi connectivity index (χ1) is 10.3. The van der Waals surface area contributed by atoms with Gasteiger partial charge in [0.15, 0.2) is 0 Å². The normalized spacial score (nSPS) is 22.8. The summed E-state index contributed by atoms with van der Waals surface area (Å²) in [5.41, 5.74) is 0.143. The number of likely N-dealkylation sites (tertiary alicyclic amines) is 1. The van der Waals surface area contributed by atoms with Gasteiger partial charge in [0.25, 0.3) is 0 Å². The van der Waals surface area contributed by atoms with E-state index in [9.17, 15) is 4.79 Å². The fourth-order valence-electron chi connectivity index (χ4n) is 3.73. The molecule has 2 aliphatic rings. The number of piperidine rings is 1. The van der Waals surface area contributed by atoms with Crippen LogP contribution < -0.4 is 5.32 Å². The topological polar surface area (TPSA) is 41.6 Å². The van der Waals surface area contributed by atoms with Crippen molar-refractivity contribution in [3.8, 4) is 0 Å². The predicted molar refractivity (Wildman–Crippen MR) is 90.0 cm³/mol. The Hall–Kier alpha value is -0.770. The van der Waals surface area contributed by atoms with E-state index in [2.05, 4.69) is 12.2 Å². The van der Waals surface area contributed by atoms with Gasteiger partial charge in [0.05, 0.1) is 0 Å². The molecular formula is C18H34N2O2. The standard InChI is InChI=1S/C18H34N2O2/c1-5-18(10-6-7-11-18)14-19-15-8-12-20(13-9-15)16(21)22-17(2,3)4/h15,19H,5-14H2,1-4H3. The Balaban J connectivity index is 1.72. The molecule has 128 valence electrons. The molecule has 0 unspecified atom stereocenters. The van der Waals surface area contributed by atoms with Crippen molar-refractivity contribution in [3.05, 3.63) is 0 Å². The van der Waals surface area contributed by atoms with Crippen molar-refractivity contribution in [2.75, 3.05) is 19.6 Å². The van der Waals surface area contributed by atoms with Crippen molar-refractivity contribution in [2.24, 2.45) is 5.41 Å². The smallest absolute Gasteiger partial charge is 0.410 e. The van der Waals surface area contributed by atoms with Gasteiger partial charge in [0.1, 0.15) is 5.60 Å². The van der Waals surface area contributed by atoms with Crippen LogP contribution in [-0.4, -0.2) is 42.3 Å². The van der Waals surface area contributed by atoms with Gasteiger partial charge in [0, 0.05) is 25.7 Å². The molecule has 1 heterocycles. The second-order valence-corrected chi connectivity index (χ2v) is 8.18. The molecule has 0 bridgehead atoms. The summed E-state index contributed by atoms with van der Waals surface area (Å²) in [7, 11) is 0. The van der Waals surface area contributed by atoms with Crippen LogP contribution in [0.5, 0.6) is 0 Å². The van der Waals surface area contributed by atoms with E-state index in [1.165, 1.54) is 32.1 Å². The highest BCUT2D eigenvalue weighted by Gasteiger charge is 2.33. The van der Waals surface area contributed by atoms with Gasteiger partial charge in [-0.3, -0.25) is 0 Å². The van der Waals surface area contributed by atoms with Crippen LogP contribution in [0, 0.1) is 5.41 Å². The molecule has 1 aliphatic heterocycles. The Morgan fingerprint density at radius 2 is 1.82 bits per heavy atom. The number of hydrogen-bond acceptors (Lipinski definition) is 3. The summed E-state index contributed by atoms with van der Waals surface area (Å²) >= 11 is 0.